The summed E-state index contributed by atoms with van der Waals surface area (Å²) >= 11 is 9.44. The molecule has 0 radical (unpaired) electrons. The number of nitrogens with zero attached hydrogens (tertiary/aromatic N) is 1. The zero-order valence-electron chi connectivity index (χ0n) is 14.2. The van der Waals surface area contributed by atoms with E-state index in [1.807, 2.05) is 24.3 Å². The number of ether oxygens (including phenoxy) is 2. The number of esters is 1. The number of rotatable bonds is 5. The van der Waals surface area contributed by atoms with Crippen LogP contribution in [0.4, 0.5) is 0 Å². The Bertz CT molecular complexity index is 927. The van der Waals surface area contributed by atoms with Gasteiger partial charge in [0.25, 0.3) is 0 Å². The van der Waals surface area contributed by atoms with Crippen molar-refractivity contribution in [3.8, 4) is 0 Å². The van der Waals surface area contributed by atoms with Crippen LogP contribution in [-0.2, 0) is 26.1 Å². The monoisotopic (exact) mass is 473 g/mol. The molecule has 0 spiro atoms. The summed E-state index contributed by atoms with van der Waals surface area (Å²) in [5.41, 5.74) is 0.949. The number of hydrogen-bond donors (Lipinski definition) is 0. The molecule has 0 unspecified atom stereocenters. The largest absolute Gasteiger partial charge is 0.457 e. The minimum absolute atomic E-state index is 0.0611. The Morgan fingerprint density at radius 2 is 1.81 bits per heavy atom. The zero-order valence-corrected chi connectivity index (χ0v) is 17.4. The first-order chi connectivity index (χ1) is 12.9. The summed E-state index contributed by atoms with van der Waals surface area (Å²) < 4.78 is 38.3. The van der Waals surface area contributed by atoms with E-state index in [-0.39, 0.29) is 35.2 Å². The molecule has 1 fully saturated rings. The quantitative estimate of drug-likeness (QED) is 0.620. The van der Waals surface area contributed by atoms with E-state index in [9.17, 15) is 13.2 Å². The van der Waals surface area contributed by atoms with Gasteiger partial charge in [0, 0.05) is 17.6 Å². The Balaban J connectivity index is 1.77. The van der Waals surface area contributed by atoms with Crippen LogP contribution < -0.4 is 0 Å². The minimum atomic E-state index is -3.81. The fraction of sp³-hybridized carbons (Fsp3) is 0.278. The SMILES string of the molecule is O=C(OCc1ccc(Br)cc1)c1ccc(Cl)c(S(=O)(=O)N2CCOCC2)c1. The molecule has 27 heavy (non-hydrogen) atoms. The van der Waals surface area contributed by atoms with Gasteiger partial charge in [-0.2, -0.15) is 4.31 Å². The lowest BCUT2D eigenvalue weighted by Gasteiger charge is -2.26. The average molecular weight is 475 g/mol. The molecule has 144 valence electrons. The first-order valence-corrected chi connectivity index (χ1v) is 10.8. The fourth-order valence-corrected chi connectivity index (χ4v) is 4.74. The van der Waals surface area contributed by atoms with E-state index in [1.165, 1.54) is 22.5 Å². The van der Waals surface area contributed by atoms with E-state index in [4.69, 9.17) is 21.1 Å². The molecule has 0 saturated carbocycles. The van der Waals surface area contributed by atoms with Crippen molar-refractivity contribution in [3.05, 3.63) is 63.1 Å². The highest BCUT2D eigenvalue weighted by Gasteiger charge is 2.29. The highest BCUT2D eigenvalue weighted by atomic mass is 79.9. The van der Waals surface area contributed by atoms with Crippen LogP contribution >= 0.6 is 27.5 Å². The van der Waals surface area contributed by atoms with E-state index in [0.29, 0.717) is 13.2 Å². The normalized spacial score (nSPS) is 15.5. The van der Waals surface area contributed by atoms with Gasteiger partial charge in [0.1, 0.15) is 11.5 Å². The Morgan fingerprint density at radius 1 is 1.15 bits per heavy atom. The Morgan fingerprint density at radius 3 is 2.48 bits per heavy atom. The number of morpholine rings is 1. The Labute approximate surface area is 171 Å². The molecule has 1 aliphatic rings. The van der Waals surface area contributed by atoms with Crippen LogP contribution in [0.15, 0.2) is 51.8 Å². The summed E-state index contributed by atoms with van der Waals surface area (Å²) in [6.45, 7) is 1.23. The van der Waals surface area contributed by atoms with Crippen molar-refractivity contribution in [3.63, 3.8) is 0 Å². The lowest BCUT2D eigenvalue weighted by Crippen LogP contribution is -2.40. The molecule has 1 aliphatic heterocycles. The van der Waals surface area contributed by atoms with Gasteiger partial charge in [-0.1, -0.05) is 39.7 Å². The number of carbonyl (C=O) groups excluding carboxylic acids is 1. The van der Waals surface area contributed by atoms with Crippen LogP contribution in [0.2, 0.25) is 5.02 Å². The smallest absolute Gasteiger partial charge is 0.338 e. The highest BCUT2D eigenvalue weighted by Crippen LogP contribution is 2.27. The lowest BCUT2D eigenvalue weighted by atomic mass is 10.2. The first-order valence-electron chi connectivity index (χ1n) is 8.17. The standard InChI is InChI=1S/C18H17BrClNO5S/c19-15-4-1-13(2-5-15)12-26-18(22)14-3-6-16(20)17(11-14)27(23,24)21-7-9-25-10-8-21/h1-6,11H,7-10,12H2. The van der Waals surface area contributed by atoms with Gasteiger partial charge in [0.2, 0.25) is 10.0 Å². The van der Waals surface area contributed by atoms with E-state index < -0.39 is 16.0 Å². The molecule has 0 atom stereocenters. The fourth-order valence-electron chi connectivity index (χ4n) is 2.57. The third-order valence-corrected chi connectivity index (χ3v) is 6.95. The van der Waals surface area contributed by atoms with Crippen LogP contribution in [0.1, 0.15) is 15.9 Å². The van der Waals surface area contributed by atoms with Crippen LogP contribution in [-0.4, -0.2) is 45.0 Å². The number of carbonyl (C=O) groups is 1. The van der Waals surface area contributed by atoms with Crippen molar-refractivity contribution in [2.45, 2.75) is 11.5 Å². The number of benzene rings is 2. The average Bonchev–Trinajstić information content (AvgIpc) is 2.68. The van der Waals surface area contributed by atoms with Crippen molar-refractivity contribution in [1.82, 2.24) is 4.31 Å². The third kappa shape index (κ3) is 4.89. The summed E-state index contributed by atoms with van der Waals surface area (Å²) in [5.74, 6) is -0.618. The summed E-state index contributed by atoms with van der Waals surface area (Å²) in [6, 6.07) is 11.4. The van der Waals surface area contributed by atoms with Crippen molar-refractivity contribution in [2.75, 3.05) is 26.3 Å². The summed E-state index contributed by atoms with van der Waals surface area (Å²) in [7, 11) is -3.81. The van der Waals surface area contributed by atoms with E-state index in [1.54, 1.807) is 0 Å². The molecule has 0 aliphatic carbocycles. The van der Waals surface area contributed by atoms with Crippen LogP contribution in [0.3, 0.4) is 0 Å². The summed E-state index contributed by atoms with van der Waals surface area (Å²) in [5, 5.41) is 0.0611. The Hall–Kier alpha value is -1.45. The molecule has 6 nitrogen and oxygen atoms in total. The second-order valence-corrected chi connectivity index (χ2v) is 9.09. The molecule has 3 rings (SSSR count). The molecule has 1 heterocycles. The van der Waals surface area contributed by atoms with Gasteiger partial charge in [0.15, 0.2) is 0 Å². The summed E-state index contributed by atoms with van der Waals surface area (Å²) in [6.07, 6.45) is 0. The van der Waals surface area contributed by atoms with Gasteiger partial charge in [-0.25, -0.2) is 13.2 Å². The van der Waals surface area contributed by atoms with E-state index in [2.05, 4.69) is 15.9 Å². The van der Waals surface area contributed by atoms with Crippen molar-refractivity contribution < 1.29 is 22.7 Å². The third-order valence-electron chi connectivity index (χ3n) is 4.04. The first kappa shape index (κ1) is 20.3. The lowest BCUT2D eigenvalue weighted by molar-refractivity contribution is 0.0472. The van der Waals surface area contributed by atoms with Gasteiger partial charge < -0.3 is 9.47 Å². The Kier molecular flexibility index (Phi) is 6.54. The second-order valence-electron chi connectivity index (χ2n) is 5.86. The number of halogens is 2. The van der Waals surface area contributed by atoms with Gasteiger partial charge in [-0.3, -0.25) is 0 Å². The molecule has 1 saturated heterocycles. The molecule has 2 aromatic rings. The van der Waals surface area contributed by atoms with Gasteiger partial charge >= 0.3 is 5.97 Å². The highest BCUT2D eigenvalue weighted by molar-refractivity contribution is 9.10. The van der Waals surface area contributed by atoms with Crippen molar-refractivity contribution in [2.24, 2.45) is 0 Å². The van der Waals surface area contributed by atoms with Gasteiger partial charge in [0.05, 0.1) is 23.8 Å². The van der Waals surface area contributed by atoms with Gasteiger partial charge in [-0.05, 0) is 35.9 Å². The molecule has 2 aromatic carbocycles. The molecule has 0 bridgehead atoms. The maximum absolute atomic E-state index is 12.8. The number of sulfonamides is 1. The van der Waals surface area contributed by atoms with E-state index in [0.717, 1.165) is 10.0 Å². The van der Waals surface area contributed by atoms with Crippen molar-refractivity contribution >= 4 is 43.5 Å². The second kappa shape index (κ2) is 8.70. The molecule has 0 N–H and O–H groups in total. The zero-order chi connectivity index (χ0) is 19.4. The predicted octanol–water partition coefficient (Wildman–Crippen LogP) is 3.48. The molecular formula is C18H17BrClNO5S. The molecule has 9 heteroatoms. The van der Waals surface area contributed by atoms with Crippen LogP contribution in [0.5, 0.6) is 0 Å². The maximum Gasteiger partial charge on any atom is 0.338 e. The maximum atomic E-state index is 12.8. The van der Waals surface area contributed by atoms with Crippen LogP contribution in [0.25, 0.3) is 0 Å². The topological polar surface area (TPSA) is 72.9 Å². The van der Waals surface area contributed by atoms with Gasteiger partial charge in [-0.15, -0.1) is 0 Å². The number of hydrogen-bond acceptors (Lipinski definition) is 5. The minimum Gasteiger partial charge on any atom is -0.457 e. The predicted molar refractivity (Wildman–Crippen MR) is 104 cm³/mol. The molecule has 0 amide bonds. The van der Waals surface area contributed by atoms with Crippen LogP contribution in [0, 0.1) is 0 Å². The van der Waals surface area contributed by atoms with E-state index >= 15 is 0 Å². The molecular weight excluding hydrogens is 458 g/mol. The van der Waals surface area contributed by atoms with Crippen molar-refractivity contribution in [1.29, 1.82) is 0 Å². The molecule has 0 aromatic heterocycles. The summed E-state index contributed by atoms with van der Waals surface area (Å²) in [4.78, 5) is 12.2.